The molecule has 2 atom stereocenters. The molecule has 2 amide bonds. The molecule has 0 aliphatic heterocycles. The number of amides is 2. The Morgan fingerprint density at radius 2 is 2.00 bits per heavy atom. The molecule has 2 heterocycles. The van der Waals surface area contributed by atoms with E-state index in [1.54, 1.807) is 18.5 Å². The largest absolute Gasteiger partial charge is 0.335 e. The zero-order valence-corrected chi connectivity index (χ0v) is 18.2. The molecule has 1 aliphatic carbocycles. The second kappa shape index (κ2) is 10.2. The molecule has 0 bridgehead atoms. The zero-order valence-electron chi connectivity index (χ0n) is 18.2. The van der Waals surface area contributed by atoms with Gasteiger partial charge in [0.05, 0.1) is 11.8 Å². The fourth-order valence-corrected chi connectivity index (χ4v) is 4.32. The number of aromatic nitrogens is 2. The van der Waals surface area contributed by atoms with E-state index in [-0.39, 0.29) is 12.1 Å². The van der Waals surface area contributed by atoms with E-state index in [9.17, 15) is 4.79 Å². The number of nitrogens with zero attached hydrogens (tertiary/aromatic N) is 2. The SMILES string of the molecule is Cc1cc([NH2+]c2cnc(NC(=O)NC3CCCC(c4ccccc4)C3)cc2C=N)ccn1. The number of hydrogen-bond donors (Lipinski definition) is 4. The molecule has 5 N–H and O–H groups in total. The van der Waals surface area contributed by atoms with Crippen molar-refractivity contribution in [2.45, 2.75) is 44.6 Å². The first kappa shape index (κ1) is 21.6. The van der Waals surface area contributed by atoms with Crippen molar-refractivity contribution < 1.29 is 10.1 Å². The van der Waals surface area contributed by atoms with E-state index in [0.29, 0.717) is 17.3 Å². The van der Waals surface area contributed by atoms with Gasteiger partial charge in [0.25, 0.3) is 0 Å². The van der Waals surface area contributed by atoms with Crippen molar-refractivity contribution in [1.82, 2.24) is 15.3 Å². The Hall–Kier alpha value is -3.58. The topological polar surface area (TPSA) is 107 Å². The van der Waals surface area contributed by atoms with Gasteiger partial charge in [-0.25, -0.2) is 9.78 Å². The lowest BCUT2D eigenvalue weighted by atomic mass is 9.81. The Morgan fingerprint density at radius 3 is 2.78 bits per heavy atom. The number of benzene rings is 1. The molecule has 0 spiro atoms. The Balaban J connectivity index is 1.37. The highest BCUT2D eigenvalue weighted by Crippen LogP contribution is 2.32. The van der Waals surface area contributed by atoms with Crippen molar-refractivity contribution in [3.63, 3.8) is 0 Å². The summed E-state index contributed by atoms with van der Waals surface area (Å²) in [6.07, 6.45) is 8.88. The normalized spacial score (nSPS) is 18.0. The van der Waals surface area contributed by atoms with Crippen molar-refractivity contribution in [3.8, 4) is 0 Å². The molecule has 1 fully saturated rings. The van der Waals surface area contributed by atoms with E-state index in [0.717, 1.165) is 42.8 Å². The van der Waals surface area contributed by atoms with Gasteiger partial charge < -0.3 is 10.7 Å². The summed E-state index contributed by atoms with van der Waals surface area (Å²) in [5, 5.41) is 15.7. The van der Waals surface area contributed by atoms with Crippen LogP contribution in [-0.2, 0) is 0 Å². The molecule has 0 saturated heterocycles. The minimum absolute atomic E-state index is 0.138. The third-order valence-corrected chi connectivity index (χ3v) is 5.89. The van der Waals surface area contributed by atoms with Crippen LogP contribution in [-0.4, -0.2) is 28.3 Å². The lowest BCUT2D eigenvalue weighted by molar-refractivity contribution is -0.479. The third kappa shape index (κ3) is 5.56. The van der Waals surface area contributed by atoms with E-state index in [1.165, 1.54) is 11.8 Å². The molecular formula is C25H29N6O+. The number of carbonyl (C=O) groups excluding carboxylic acids is 1. The van der Waals surface area contributed by atoms with Gasteiger partial charge in [0.1, 0.15) is 11.5 Å². The van der Waals surface area contributed by atoms with Gasteiger partial charge in [-0.3, -0.25) is 15.6 Å². The van der Waals surface area contributed by atoms with Gasteiger partial charge in [0.15, 0.2) is 5.69 Å². The van der Waals surface area contributed by atoms with Crippen LogP contribution in [0.4, 0.5) is 22.0 Å². The number of urea groups is 1. The highest BCUT2D eigenvalue weighted by Gasteiger charge is 2.24. The average molecular weight is 430 g/mol. The fraction of sp³-hybridized carbons (Fsp3) is 0.280. The molecule has 4 rings (SSSR count). The summed E-state index contributed by atoms with van der Waals surface area (Å²) in [6.45, 7) is 1.94. The predicted molar refractivity (Wildman–Crippen MR) is 126 cm³/mol. The van der Waals surface area contributed by atoms with Crippen LogP contribution in [0.3, 0.4) is 0 Å². The van der Waals surface area contributed by atoms with Crippen LogP contribution in [0.25, 0.3) is 0 Å². The zero-order chi connectivity index (χ0) is 22.3. The van der Waals surface area contributed by atoms with Crippen molar-refractivity contribution in [1.29, 1.82) is 5.41 Å². The minimum atomic E-state index is -0.256. The quantitative estimate of drug-likeness (QED) is 0.442. The highest BCUT2D eigenvalue weighted by atomic mass is 16.2. The monoisotopic (exact) mass is 429 g/mol. The highest BCUT2D eigenvalue weighted by molar-refractivity contribution is 5.91. The molecule has 1 aliphatic rings. The van der Waals surface area contributed by atoms with E-state index in [4.69, 9.17) is 5.41 Å². The van der Waals surface area contributed by atoms with Gasteiger partial charge in [0.2, 0.25) is 0 Å². The molecule has 2 unspecified atom stereocenters. The molecule has 2 aromatic heterocycles. The number of carbonyl (C=O) groups is 1. The van der Waals surface area contributed by atoms with Gasteiger partial charge in [0, 0.05) is 36.3 Å². The first-order chi connectivity index (χ1) is 15.6. The fourth-order valence-electron chi connectivity index (χ4n) is 4.32. The summed E-state index contributed by atoms with van der Waals surface area (Å²) in [5.74, 6) is 0.906. The van der Waals surface area contributed by atoms with Crippen LogP contribution in [0.15, 0.2) is 60.9 Å². The van der Waals surface area contributed by atoms with E-state index in [2.05, 4.69) is 44.9 Å². The maximum atomic E-state index is 12.6. The van der Waals surface area contributed by atoms with E-state index >= 15 is 0 Å². The molecule has 32 heavy (non-hydrogen) atoms. The Kier molecular flexibility index (Phi) is 6.87. The maximum Gasteiger partial charge on any atom is 0.320 e. The summed E-state index contributed by atoms with van der Waals surface area (Å²) >= 11 is 0. The number of nitrogens with one attached hydrogen (secondary N) is 3. The summed E-state index contributed by atoms with van der Waals surface area (Å²) in [7, 11) is 0. The first-order valence-corrected chi connectivity index (χ1v) is 11.0. The number of quaternary nitrogens is 1. The summed E-state index contributed by atoms with van der Waals surface area (Å²) in [4.78, 5) is 21.2. The molecule has 164 valence electrons. The van der Waals surface area contributed by atoms with Gasteiger partial charge >= 0.3 is 6.03 Å². The second-order valence-electron chi connectivity index (χ2n) is 8.29. The molecule has 7 nitrogen and oxygen atoms in total. The molecular weight excluding hydrogens is 400 g/mol. The van der Waals surface area contributed by atoms with Gasteiger partial charge in [-0.2, -0.15) is 0 Å². The molecule has 7 heteroatoms. The minimum Gasteiger partial charge on any atom is -0.335 e. The number of rotatable bonds is 6. The van der Waals surface area contributed by atoms with Gasteiger partial charge in [-0.05, 0) is 43.7 Å². The second-order valence-corrected chi connectivity index (χ2v) is 8.29. The third-order valence-electron chi connectivity index (χ3n) is 5.89. The standard InChI is InChI=1S/C25H28N6O/c1-17-12-22(10-11-27-17)29-23-16-28-24(14-20(23)15-26)31-25(32)30-21-9-5-8-19(13-21)18-6-3-2-4-7-18/h2-4,6-7,10-12,14-16,19,21,26H,5,8-9,13H2,1H3,(H,27,29)(H2,28,30,31,32)/p+1. The van der Waals surface area contributed by atoms with Crippen LogP contribution >= 0.6 is 0 Å². The van der Waals surface area contributed by atoms with E-state index < -0.39 is 0 Å². The first-order valence-electron chi connectivity index (χ1n) is 11.0. The lowest BCUT2D eigenvalue weighted by Gasteiger charge is -2.30. The van der Waals surface area contributed by atoms with Gasteiger partial charge in [-0.15, -0.1) is 0 Å². The smallest absolute Gasteiger partial charge is 0.320 e. The number of aryl methyl sites for hydroxylation is 1. The van der Waals surface area contributed by atoms with Crippen molar-refractivity contribution >= 4 is 29.4 Å². The summed E-state index contributed by atoms with van der Waals surface area (Å²) in [6, 6.07) is 16.0. The van der Waals surface area contributed by atoms with Crippen LogP contribution in [0.2, 0.25) is 0 Å². The molecule has 3 aromatic rings. The lowest BCUT2D eigenvalue weighted by Crippen LogP contribution is -2.71. The molecule has 0 radical (unpaired) electrons. The summed E-state index contributed by atoms with van der Waals surface area (Å²) in [5.41, 5.74) is 4.76. The molecule has 1 saturated carbocycles. The number of hydrogen-bond acceptors (Lipinski definition) is 4. The summed E-state index contributed by atoms with van der Waals surface area (Å²) < 4.78 is 0. The predicted octanol–water partition coefficient (Wildman–Crippen LogP) is 4.16. The van der Waals surface area contributed by atoms with Crippen LogP contribution in [0.5, 0.6) is 0 Å². The van der Waals surface area contributed by atoms with Crippen molar-refractivity contribution in [3.05, 3.63) is 77.7 Å². The van der Waals surface area contributed by atoms with Crippen molar-refractivity contribution in [2.24, 2.45) is 0 Å². The number of anilines is 1. The van der Waals surface area contributed by atoms with Crippen molar-refractivity contribution in [2.75, 3.05) is 5.32 Å². The maximum absolute atomic E-state index is 12.6. The molecule has 1 aromatic carbocycles. The Bertz CT molecular complexity index is 1080. The number of pyridine rings is 2. The Morgan fingerprint density at radius 1 is 1.16 bits per heavy atom. The number of nitrogens with two attached hydrogens (primary N) is 1. The van der Waals surface area contributed by atoms with Crippen LogP contribution in [0.1, 0.15) is 48.4 Å². The van der Waals surface area contributed by atoms with Crippen LogP contribution < -0.4 is 16.0 Å². The van der Waals surface area contributed by atoms with Crippen LogP contribution in [0, 0.1) is 12.3 Å². The average Bonchev–Trinajstić information content (AvgIpc) is 2.81. The van der Waals surface area contributed by atoms with Gasteiger partial charge in [-0.1, -0.05) is 36.8 Å². The Labute approximate surface area is 188 Å². The van der Waals surface area contributed by atoms with E-state index in [1.807, 2.05) is 30.4 Å².